The minimum atomic E-state index is -0.823. The van der Waals surface area contributed by atoms with Crippen LogP contribution in [0.5, 0.6) is 11.6 Å². The van der Waals surface area contributed by atoms with Gasteiger partial charge in [-0.05, 0) is 79.3 Å². The third-order valence-corrected chi connectivity index (χ3v) is 11.6. The number of nitrogens with one attached hydrogen (secondary N) is 2. The summed E-state index contributed by atoms with van der Waals surface area (Å²) in [6.45, 7) is 5.74. The zero-order valence-electron chi connectivity index (χ0n) is 32.7. The number of unbranched alkanes of at least 4 members (excludes halogenated alkanes) is 1. The summed E-state index contributed by atoms with van der Waals surface area (Å²) in [5.41, 5.74) is 7.04. The Balaban J connectivity index is 0.619. The number of aromatic nitrogens is 4. The topological polar surface area (TPSA) is 152 Å². The molecule has 2 N–H and O–H groups in total. The van der Waals surface area contributed by atoms with Gasteiger partial charge >= 0.3 is 0 Å². The van der Waals surface area contributed by atoms with Gasteiger partial charge in [0.2, 0.25) is 11.8 Å². The molecule has 4 aromatic heterocycles. The summed E-state index contributed by atoms with van der Waals surface area (Å²) in [5.74, 6) is 6.39. The van der Waals surface area contributed by atoms with Crippen molar-refractivity contribution in [2.24, 2.45) is 0 Å². The Bertz CT molecular complexity index is 2730. The van der Waals surface area contributed by atoms with Gasteiger partial charge < -0.3 is 29.4 Å². The van der Waals surface area contributed by atoms with Crippen molar-refractivity contribution in [3.63, 3.8) is 0 Å². The van der Waals surface area contributed by atoms with E-state index >= 15 is 0 Å². The van der Waals surface area contributed by atoms with Crippen LogP contribution in [0, 0.1) is 11.8 Å². The van der Waals surface area contributed by atoms with E-state index in [1.54, 1.807) is 24.5 Å². The van der Waals surface area contributed by atoms with Crippen LogP contribution >= 0.6 is 0 Å². The van der Waals surface area contributed by atoms with E-state index in [1.165, 1.54) is 0 Å². The number of allylic oxidation sites excluding steroid dienone is 1. The molecule has 1 atom stereocenters. The first-order chi connectivity index (χ1) is 29.3. The molecule has 3 fully saturated rings. The third-order valence-electron chi connectivity index (χ3n) is 11.6. The standard InChI is InChI=1S/C47H41N7O6/c1-28-6-14-43(45(55)51-28)54-46(56)38-13-10-32(20-39(38)47(54)57)53-26-36(27-53)58-18-4-2-3-5-31-9-11-33(24-49-31)59-34-21-35(22-34)60-44-15-8-30(23-50-44)29-7-12-37-40-25-48-17-16-41(40)52-42(37)19-29/h7-13,15-17,19-20,23-25,34-36,43,52H,1-2,4,6,14,18,21-22,26-27H2,(H,51,55). The number of amides is 3. The minimum absolute atomic E-state index is 0.0484. The van der Waals surface area contributed by atoms with Crippen molar-refractivity contribution < 1.29 is 28.6 Å². The highest BCUT2D eigenvalue weighted by molar-refractivity contribution is 6.23. The Hall–Kier alpha value is -7.04. The van der Waals surface area contributed by atoms with E-state index in [4.69, 9.17) is 14.2 Å². The maximum absolute atomic E-state index is 13.2. The molecule has 0 spiro atoms. The number of hydrogen-bond donors (Lipinski definition) is 2. The summed E-state index contributed by atoms with van der Waals surface area (Å²) in [4.78, 5) is 58.7. The number of rotatable bonds is 11. The summed E-state index contributed by atoms with van der Waals surface area (Å²) in [6.07, 6.45) is 11.3. The Kier molecular flexibility index (Phi) is 9.69. The van der Waals surface area contributed by atoms with Crippen molar-refractivity contribution in [1.82, 2.24) is 30.2 Å². The molecule has 1 unspecified atom stereocenters. The van der Waals surface area contributed by atoms with Gasteiger partial charge in [-0.2, -0.15) is 0 Å². The lowest BCUT2D eigenvalue weighted by Gasteiger charge is -2.40. The second kappa shape index (κ2) is 15.6. The molecule has 13 heteroatoms. The third kappa shape index (κ3) is 7.30. The smallest absolute Gasteiger partial charge is 0.262 e. The number of pyridine rings is 3. The molecule has 4 aliphatic rings. The average Bonchev–Trinajstić information content (AvgIpc) is 3.72. The molecular weight excluding hydrogens is 759 g/mol. The number of hydrogen-bond acceptors (Lipinski definition) is 10. The Labute approximate surface area is 345 Å². The highest BCUT2D eigenvalue weighted by atomic mass is 16.5. The monoisotopic (exact) mass is 799 g/mol. The van der Waals surface area contributed by atoms with Gasteiger partial charge in [-0.3, -0.25) is 24.3 Å². The second-order valence-corrected chi connectivity index (χ2v) is 15.7. The van der Waals surface area contributed by atoms with Crippen molar-refractivity contribution in [3.05, 3.63) is 121 Å². The van der Waals surface area contributed by atoms with Crippen LogP contribution in [0.25, 0.3) is 32.9 Å². The average molecular weight is 800 g/mol. The number of carbonyl (C=O) groups is 3. The van der Waals surface area contributed by atoms with Crippen LogP contribution in [0.3, 0.4) is 0 Å². The molecule has 2 aromatic carbocycles. The highest BCUT2D eigenvalue weighted by Gasteiger charge is 2.44. The molecule has 7 heterocycles. The van der Waals surface area contributed by atoms with E-state index in [9.17, 15) is 14.4 Å². The fraction of sp³-hybridized carbons (Fsp3) is 0.277. The molecule has 13 nitrogen and oxygen atoms in total. The summed E-state index contributed by atoms with van der Waals surface area (Å²) >= 11 is 0. The van der Waals surface area contributed by atoms with Gasteiger partial charge in [0.15, 0.2) is 0 Å². The van der Waals surface area contributed by atoms with E-state index < -0.39 is 17.9 Å². The van der Waals surface area contributed by atoms with E-state index in [1.807, 2.05) is 48.8 Å². The lowest BCUT2D eigenvalue weighted by atomic mass is 9.92. The molecule has 0 bridgehead atoms. The number of benzene rings is 2. The molecule has 10 rings (SSSR count). The number of carbonyl (C=O) groups excluding carboxylic acids is 3. The lowest BCUT2D eigenvalue weighted by molar-refractivity contribution is -0.125. The summed E-state index contributed by atoms with van der Waals surface area (Å²) in [7, 11) is 0. The zero-order chi connectivity index (χ0) is 40.7. The minimum Gasteiger partial charge on any atom is -0.489 e. The number of nitrogens with zero attached hydrogens (tertiary/aromatic N) is 5. The van der Waals surface area contributed by atoms with E-state index in [0.29, 0.717) is 73.1 Å². The van der Waals surface area contributed by atoms with E-state index in [2.05, 4.69) is 66.8 Å². The van der Waals surface area contributed by atoms with Crippen LogP contribution in [-0.4, -0.2) is 86.6 Å². The number of imide groups is 1. The predicted molar refractivity (Wildman–Crippen MR) is 224 cm³/mol. The molecule has 2 saturated heterocycles. The van der Waals surface area contributed by atoms with Gasteiger partial charge in [-0.15, -0.1) is 0 Å². The maximum Gasteiger partial charge on any atom is 0.262 e. The van der Waals surface area contributed by atoms with Crippen molar-refractivity contribution in [2.75, 3.05) is 24.6 Å². The van der Waals surface area contributed by atoms with Crippen molar-refractivity contribution in [3.8, 4) is 34.6 Å². The molecule has 3 aliphatic heterocycles. The quantitative estimate of drug-likeness (QED) is 0.0835. The predicted octanol–water partition coefficient (Wildman–Crippen LogP) is 6.59. The van der Waals surface area contributed by atoms with Crippen molar-refractivity contribution >= 4 is 45.2 Å². The van der Waals surface area contributed by atoms with Crippen LogP contribution in [0.4, 0.5) is 5.69 Å². The fourth-order valence-corrected chi connectivity index (χ4v) is 8.20. The zero-order valence-corrected chi connectivity index (χ0v) is 32.7. The van der Waals surface area contributed by atoms with Gasteiger partial charge in [-0.25, -0.2) is 9.97 Å². The van der Waals surface area contributed by atoms with E-state index in [0.717, 1.165) is 62.8 Å². The normalized spacial score (nSPS) is 20.0. The Morgan fingerprint density at radius 2 is 1.65 bits per heavy atom. The molecule has 0 radical (unpaired) electrons. The highest BCUT2D eigenvalue weighted by Crippen LogP contribution is 2.34. The molecule has 300 valence electrons. The Morgan fingerprint density at radius 3 is 2.47 bits per heavy atom. The van der Waals surface area contributed by atoms with E-state index in [-0.39, 0.29) is 24.2 Å². The second-order valence-electron chi connectivity index (χ2n) is 15.7. The number of aromatic amines is 1. The van der Waals surface area contributed by atoms with Gasteiger partial charge in [-0.1, -0.05) is 24.6 Å². The van der Waals surface area contributed by atoms with Crippen LogP contribution < -0.4 is 19.7 Å². The first-order valence-electron chi connectivity index (χ1n) is 20.3. The van der Waals surface area contributed by atoms with Crippen molar-refractivity contribution in [2.45, 2.75) is 62.9 Å². The Morgan fingerprint density at radius 1 is 0.800 bits per heavy atom. The number of H-pyrrole nitrogens is 1. The van der Waals surface area contributed by atoms with Gasteiger partial charge in [0.1, 0.15) is 29.7 Å². The van der Waals surface area contributed by atoms with Gasteiger partial charge in [0.05, 0.1) is 23.4 Å². The summed E-state index contributed by atoms with van der Waals surface area (Å²) in [5, 5.41) is 4.93. The molecule has 1 aliphatic carbocycles. The largest absolute Gasteiger partial charge is 0.489 e. The van der Waals surface area contributed by atoms with Crippen LogP contribution in [0.1, 0.15) is 64.9 Å². The van der Waals surface area contributed by atoms with Gasteiger partial charge in [0.25, 0.3) is 11.8 Å². The first-order valence-corrected chi connectivity index (χ1v) is 20.3. The fourth-order valence-electron chi connectivity index (χ4n) is 8.20. The molecule has 60 heavy (non-hydrogen) atoms. The van der Waals surface area contributed by atoms with Crippen molar-refractivity contribution in [1.29, 1.82) is 0 Å². The van der Waals surface area contributed by atoms with Crippen LogP contribution in [-0.2, 0) is 9.53 Å². The molecular formula is C47H41N7O6. The first kappa shape index (κ1) is 37.2. The molecule has 1 saturated carbocycles. The summed E-state index contributed by atoms with van der Waals surface area (Å²) < 4.78 is 18.3. The number of piperidine rings is 1. The maximum atomic E-state index is 13.2. The number of fused-ring (bicyclic) bond motifs is 4. The van der Waals surface area contributed by atoms with Gasteiger partial charge in [0, 0.05) is 102 Å². The van der Waals surface area contributed by atoms with Crippen LogP contribution in [0.15, 0.2) is 104 Å². The molecule has 3 amide bonds. The number of ether oxygens (including phenoxy) is 3. The van der Waals surface area contributed by atoms with Crippen LogP contribution in [0.2, 0.25) is 0 Å². The molecule has 6 aromatic rings. The SMILES string of the molecule is C=C1CCC(N2C(=O)c3ccc(N4CC(OCCCC#Cc5ccc(OC6CC(Oc7ccc(-c8ccc9c(c8)[nH]c8ccncc89)cn7)C6)cn5)C4)cc3C2=O)C(=O)N1. The summed E-state index contributed by atoms with van der Waals surface area (Å²) in [6, 6.07) is 20.5. The number of anilines is 1. The lowest BCUT2D eigenvalue weighted by Crippen LogP contribution is -2.52.